The summed E-state index contributed by atoms with van der Waals surface area (Å²) in [7, 11) is 1.66. The first kappa shape index (κ1) is 49.7. The molecule has 0 amide bonds. The molecule has 5 heteroatoms. The van der Waals surface area contributed by atoms with E-state index in [1.54, 1.807) is 7.11 Å². The summed E-state index contributed by atoms with van der Waals surface area (Å²) in [4.78, 5) is 12.3. The van der Waals surface area contributed by atoms with Crippen LogP contribution in [0.3, 0.4) is 0 Å². The zero-order valence-corrected chi connectivity index (χ0v) is 35.2. The lowest BCUT2D eigenvalue weighted by atomic mass is 10.0. The minimum absolute atomic E-state index is 0.127. The third-order valence-corrected chi connectivity index (χ3v) is 11.7. The van der Waals surface area contributed by atoms with Crippen LogP contribution in [-0.2, 0) is 19.0 Å². The van der Waals surface area contributed by atoms with Gasteiger partial charge in [-0.2, -0.15) is 11.8 Å². The summed E-state index contributed by atoms with van der Waals surface area (Å²) in [5, 5.41) is 0.432. The Morgan fingerprint density at radius 2 is 0.820 bits per heavy atom. The van der Waals surface area contributed by atoms with Crippen LogP contribution < -0.4 is 0 Å². The van der Waals surface area contributed by atoms with E-state index in [-0.39, 0.29) is 5.97 Å². The number of ether oxygens (including phenoxy) is 3. The third kappa shape index (κ3) is 42.2. The normalized spacial score (nSPS) is 12.1. The quantitative estimate of drug-likeness (QED) is 0.0462. The van der Waals surface area contributed by atoms with Gasteiger partial charge in [0.25, 0.3) is 0 Å². The Bertz CT molecular complexity index is 630. The lowest BCUT2D eigenvalue weighted by Crippen LogP contribution is -2.18. The second kappa shape index (κ2) is 44.9. The van der Waals surface area contributed by atoms with Gasteiger partial charge in [0.05, 0.1) is 26.2 Å². The number of carbonyl (C=O) groups is 1. The van der Waals surface area contributed by atoms with E-state index in [0.717, 1.165) is 0 Å². The molecule has 0 aliphatic carbocycles. The summed E-state index contributed by atoms with van der Waals surface area (Å²) >= 11 is 2.05. The molecule has 4 nitrogen and oxygen atoms in total. The van der Waals surface area contributed by atoms with Gasteiger partial charge in [-0.05, 0) is 18.6 Å². The van der Waals surface area contributed by atoms with E-state index < -0.39 is 0 Å². The molecule has 0 aliphatic rings. The molecule has 0 saturated carbocycles. The van der Waals surface area contributed by atoms with Crippen LogP contribution in [-0.4, -0.2) is 50.5 Å². The van der Waals surface area contributed by atoms with Gasteiger partial charge in [0.15, 0.2) is 0 Å². The number of carbonyl (C=O) groups excluding carboxylic acids is 1. The molecule has 1 atom stereocenters. The van der Waals surface area contributed by atoms with Crippen LogP contribution in [0.1, 0.15) is 239 Å². The topological polar surface area (TPSA) is 44.8 Å². The maximum Gasteiger partial charge on any atom is 0.308 e. The minimum Gasteiger partial charge on any atom is -0.464 e. The van der Waals surface area contributed by atoms with Gasteiger partial charge in [-0.1, -0.05) is 219 Å². The highest BCUT2D eigenvalue weighted by Crippen LogP contribution is 2.22. The lowest BCUT2D eigenvalue weighted by Gasteiger charge is -2.17. The molecule has 0 heterocycles. The van der Waals surface area contributed by atoms with E-state index in [9.17, 15) is 4.79 Å². The Morgan fingerprint density at radius 1 is 0.460 bits per heavy atom. The number of rotatable bonds is 44. The first-order chi connectivity index (χ1) is 24.7. The molecule has 0 saturated heterocycles. The van der Waals surface area contributed by atoms with Crippen LogP contribution in [0, 0.1) is 0 Å². The van der Waals surface area contributed by atoms with Crippen molar-refractivity contribution in [3.8, 4) is 0 Å². The monoisotopic (exact) mass is 727 g/mol. The number of esters is 1. The molecule has 0 N–H and O–H groups in total. The molecule has 0 aromatic carbocycles. The van der Waals surface area contributed by atoms with Gasteiger partial charge in [-0.25, -0.2) is 0 Å². The fraction of sp³-hybridized carbons (Fsp3) is 0.978. The Kier molecular flexibility index (Phi) is 44.7. The van der Waals surface area contributed by atoms with E-state index in [1.165, 1.54) is 224 Å². The molecule has 0 rings (SSSR count). The lowest BCUT2D eigenvalue weighted by molar-refractivity contribution is -0.144. The summed E-state index contributed by atoms with van der Waals surface area (Å²) in [6, 6.07) is 0. The van der Waals surface area contributed by atoms with E-state index >= 15 is 0 Å². The number of unbranched alkanes of at least 4 members (excludes halogenated alkanes) is 31. The van der Waals surface area contributed by atoms with Gasteiger partial charge >= 0.3 is 5.97 Å². The maximum atomic E-state index is 12.3. The van der Waals surface area contributed by atoms with Crippen LogP contribution in [0.15, 0.2) is 0 Å². The van der Waals surface area contributed by atoms with Crippen molar-refractivity contribution in [1.29, 1.82) is 0 Å². The molecule has 0 aliphatic heterocycles. The van der Waals surface area contributed by atoms with Crippen LogP contribution in [0.5, 0.6) is 0 Å². The molecule has 0 fully saturated rings. The van der Waals surface area contributed by atoms with Gasteiger partial charge in [-0.3, -0.25) is 4.79 Å². The van der Waals surface area contributed by atoms with E-state index in [2.05, 4.69) is 13.8 Å². The molecular weight excluding hydrogens is 637 g/mol. The molecular formula is C45H90O4S. The molecule has 300 valence electrons. The van der Waals surface area contributed by atoms with E-state index in [4.69, 9.17) is 14.2 Å². The van der Waals surface area contributed by atoms with Gasteiger partial charge < -0.3 is 14.2 Å². The van der Waals surface area contributed by atoms with Gasteiger partial charge in [-0.15, -0.1) is 0 Å². The molecule has 0 bridgehead atoms. The van der Waals surface area contributed by atoms with Crippen molar-refractivity contribution in [1.82, 2.24) is 0 Å². The van der Waals surface area contributed by atoms with Crippen LogP contribution >= 0.6 is 11.8 Å². The van der Waals surface area contributed by atoms with Crippen LogP contribution in [0.2, 0.25) is 0 Å². The van der Waals surface area contributed by atoms with Crippen molar-refractivity contribution in [2.24, 2.45) is 0 Å². The summed E-state index contributed by atoms with van der Waals surface area (Å²) in [6.45, 7) is 6.66. The van der Waals surface area contributed by atoms with E-state index in [0.29, 0.717) is 38.1 Å². The van der Waals surface area contributed by atoms with Crippen molar-refractivity contribution in [3.05, 3.63) is 0 Å². The largest absolute Gasteiger partial charge is 0.464 e. The summed E-state index contributed by atoms with van der Waals surface area (Å²) in [5.41, 5.74) is 0. The second-order valence-corrected chi connectivity index (χ2v) is 16.7. The molecule has 0 radical (unpaired) electrons. The number of methoxy groups -OCH3 is 1. The second-order valence-electron chi connectivity index (χ2n) is 15.3. The first-order valence-corrected chi connectivity index (χ1v) is 23.6. The minimum atomic E-state index is -0.127. The van der Waals surface area contributed by atoms with Crippen molar-refractivity contribution in [2.45, 2.75) is 244 Å². The van der Waals surface area contributed by atoms with Crippen LogP contribution in [0.25, 0.3) is 0 Å². The number of thioether (sulfide) groups is 1. The third-order valence-electron chi connectivity index (χ3n) is 10.3. The number of hydrogen-bond acceptors (Lipinski definition) is 5. The van der Waals surface area contributed by atoms with Crippen molar-refractivity contribution >= 4 is 17.7 Å². The summed E-state index contributed by atoms with van der Waals surface area (Å²) in [5.74, 6) is 1.07. The highest BCUT2D eigenvalue weighted by Gasteiger charge is 2.13. The van der Waals surface area contributed by atoms with Crippen LogP contribution in [0.4, 0.5) is 0 Å². The average molecular weight is 727 g/mol. The van der Waals surface area contributed by atoms with E-state index in [1.807, 2.05) is 11.8 Å². The fourth-order valence-corrected chi connectivity index (χ4v) is 8.07. The highest BCUT2D eigenvalue weighted by molar-refractivity contribution is 7.99. The predicted molar refractivity (Wildman–Crippen MR) is 223 cm³/mol. The molecule has 0 aromatic heterocycles. The Labute approximate surface area is 318 Å². The zero-order chi connectivity index (χ0) is 36.3. The zero-order valence-electron chi connectivity index (χ0n) is 34.4. The number of hydrogen-bond donors (Lipinski definition) is 0. The Morgan fingerprint density at radius 3 is 1.20 bits per heavy atom. The SMILES string of the molecule is CCCCCCCCCCCCCCCCCCCSC(CCCCCCCCCCCCCCCCCC)COC(=O)CCOCCOC. The summed E-state index contributed by atoms with van der Waals surface area (Å²) in [6.07, 6.45) is 48.0. The first-order valence-electron chi connectivity index (χ1n) is 22.6. The summed E-state index contributed by atoms with van der Waals surface area (Å²) < 4.78 is 16.2. The van der Waals surface area contributed by atoms with Crippen molar-refractivity contribution in [2.75, 3.05) is 39.3 Å². The smallest absolute Gasteiger partial charge is 0.308 e. The molecule has 1 unspecified atom stereocenters. The maximum absolute atomic E-state index is 12.3. The van der Waals surface area contributed by atoms with Gasteiger partial charge in [0.1, 0.15) is 6.61 Å². The van der Waals surface area contributed by atoms with Crippen molar-refractivity contribution in [3.63, 3.8) is 0 Å². The van der Waals surface area contributed by atoms with Gasteiger partial charge in [0.2, 0.25) is 0 Å². The Hall–Kier alpha value is -0.260. The standard InChI is InChI=1S/C45H90O4S/c1-4-6-8-10-12-14-16-18-20-22-24-26-28-30-32-34-36-42-50-44(43-49-45(46)38-39-48-41-40-47-3)37-35-33-31-29-27-25-23-21-19-17-15-13-11-9-7-5-2/h44H,4-43H2,1-3H3. The van der Waals surface area contributed by atoms with Crippen molar-refractivity contribution < 1.29 is 19.0 Å². The molecule has 50 heavy (non-hydrogen) atoms. The Balaban J connectivity index is 3.90. The molecule has 0 aromatic rings. The fourth-order valence-electron chi connectivity index (χ4n) is 6.87. The highest BCUT2D eigenvalue weighted by atomic mass is 32.2. The predicted octanol–water partition coefficient (Wildman–Crippen LogP) is 15.0. The average Bonchev–Trinajstić information content (AvgIpc) is 3.12. The van der Waals surface area contributed by atoms with Gasteiger partial charge in [0, 0.05) is 12.4 Å². The molecule has 0 spiro atoms.